The molecule has 1 aliphatic rings. The normalized spacial score (nSPS) is 17.3. The van der Waals surface area contributed by atoms with Crippen LogP contribution >= 0.6 is 0 Å². The minimum absolute atomic E-state index is 0.0837. The Bertz CT molecular complexity index is 483. The van der Waals surface area contributed by atoms with Crippen LogP contribution in [0.4, 0.5) is 5.95 Å². The Morgan fingerprint density at radius 2 is 2.05 bits per heavy atom. The molecule has 0 saturated heterocycles. The first-order chi connectivity index (χ1) is 10.1. The number of carbonyl (C=O) groups excluding carboxylic acids is 1. The zero-order chi connectivity index (χ0) is 15.2. The lowest BCUT2D eigenvalue weighted by molar-refractivity contribution is 0.0922. The number of amides is 1. The van der Waals surface area contributed by atoms with E-state index in [9.17, 15) is 4.79 Å². The highest BCUT2D eigenvalue weighted by Gasteiger charge is 2.18. The fraction of sp³-hybridized carbons (Fsp3) is 0.688. The monoisotopic (exact) mass is 290 g/mol. The van der Waals surface area contributed by atoms with Crippen molar-refractivity contribution in [2.45, 2.75) is 71.4 Å². The van der Waals surface area contributed by atoms with Crippen molar-refractivity contribution in [1.82, 2.24) is 15.3 Å². The van der Waals surface area contributed by atoms with Crippen LogP contribution in [-0.2, 0) is 0 Å². The Morgan fingerprint density at radius 1 is 1.33 bits per heavy atom. The summed E-state index contributed by atoms with van der Waals surface area (Å²) in [6.07, 6.45) is 6.83. The van der Waals surface area contributed by atoms with Crippen LogP contribution in [0.3, 0.4) is 0 Å². The first kappa shape index (κ1) is 15.7. The van der Waals surface area contributed by atoms with Crippen LogP contribution in [-0.4, -0.2) is 28.0 Å². The molecule has 5 nitrogen and oxygen atoms in total. The van der Waals surface area contributed by atoms with Crippen molar-refractivity contribution in [1.29, 1.82) is 0 Å². The van der Waals surface area contributed by atoms with Gasteiger partial charge in [0.15, 0.2) is 0 Å². The van der Waals surface area contributed by atoms with Crippen LogP contribution in [0.1, 0.15) is 68.6 Å². The first-order valence-corrected chi connectivity index (χ1v) is 8.01. The van der Waals surface area contributed by atoms with Gasteiger partial charge in [-0.2, -0.15) is 0 Å². The molecule has 0 aliphatic heterocycles. The molecule has 0 radical (unpaired) electrons. The largest absolute Gasteiger partial charge is 0.352 e. The van der Waals surface area contributed by atoms with Crippen molar-refractivity contribution in [2.75, 3.05) is 5.32 Å². The van der Waals surface area contributed by atoms with E-state index in [0.29, 0.717) is 23.7 Å². The first-order valence-electron chi connectivity index (χ1n) is 8.01. The van der Waals surface area contributed by atoms with Gasteiger partial charge in [-0.15, -0.1) is 0 Å². The Balaban J connectivity index is 2.05. The molecular weight excluding hydrogens is 264 g/mol. The molecule has 21 heavy (non-hydrogen) atoms. The number of aryl methyl sites for hydroxylation is 1. The highest BCUT2D eigenvalue weighted by atomic mass is 16.1. The predicted octanol–water partition coefficient (Wildman–Crippen LogP) is 3.06. The van der Waals surface area contributed by atoms with Crippen LogP contribution in [0, 0.1) is 6.92 Å². The maximum atomic E-state index is 12.3. The molecule has 1 amide bonds. The molecule has 1 aliphatic carbocycles. The van der Waals surface area contributed by atoms with Gasteiger partial charge in [-0.1, -0.05) is 26.2 Å². The van der Waals surface area contributed by atoms with Crippen molar-refractivity contribution < 1.29 is 4.79 Å². The van der Waals surface area contributed by atoms with E-state index in [1.165, 1.54) is 19.3 Å². The Hall–Kier alpha value is -1.65. The number of rotatable bonds is 5. The standard InChI is InChI=1S/C16H26N4O/c1-4-11(2)17-16-18-12(3)10-14(20-16)15(21)19-13-8-6-5-7-9-13/h10-11,13H,4-9H2,1-3H3,(H,19,21)(H,17,18,20). The second-order valence-corrected chi connectivity index (χ2v) is 5.98. The zero-order valence-corrected chi connectivity index (χ0v) is 13.3. The molecule has 2 N–H and O–H groups in total. The molecular formula is C16H26N4O. The molecule has 1 fully saturated rings. The maximum Gasteiger partial charge on any atom is 0.270 e. The fourth-order valence-corrected chi connectivity index (χ4v) is 2.58. The van der Waals surface area contributed by atoms with Gasteiger partial charge in [0.1, 0.15) is 5.69 Å². The lowest BCUT2D eigenvalue weighted by Gasteiger charge is -2.22. The van der Waals surface area contributed by atoms with Gasteiger partial charge < -0.3 is 10.6 Å². The number of nitrogens with one attached hydrogen (secondary N) is 2. The SMILES string of the molecule is CCC(C)Nc1nc(C)cc(C(=O)NC2CCCCC2)n1. The summed E-state index contributed by atoms with van der Waals surface area (Å²) in [7, 11) is 0. The average Bonchev–Trinajstić information content (AvgIpc) is 2.47. The van der Waals surface area contributed by atoms with Crippen molar-refractivity contribution in [3.05, 3.63) is 17.5 Å². The van der Waals surface area contributed by atoms with Gasteiger partial charge in [0.2, 0.25) is 5.95 Å². The number of hydrogen-bond donors (Lipinski definition) is 2. The molecule has 1 heterocycles. The molecule has 1 aromatic heterocycles. The van der Waals surface area contributed by atoms with E-state index in [2.05, 4.69) is 34.4 Å². The summed E-state index contributed by atoms with van der Waals surface area (Å²) in [5.74, 6) is 0.456. The molecule has 2 rings (SSSR count). The van der Waals surface area contributed by atoms with Crippen LogP contribution in [0.5, 0.6) is 0 Å². The Labute approximate surface area is 127 Å². The van der Waals surface area contributed by atoms with E-state index in [-0.39, 0.29) is 5.91 Å². The smallest absolute Gasteiger partial charge is 0.270 e. The molecule has 1 atom stereocenters. The maximum absolute atomic E-state index is 12.3. The number of hydrogen-bond acceptors (Lipinski definition) is 4. The highest BCUT2D eigenvalue weighted by molar-refractivity contribution is 5.92. The van der Waals surface area contributed by atoms with Crippen LogP contribution < -0.4 is 10.6 Å². The summed E-state index contributed by atoms with van der Waals surface area (Å²) >= 11 is 0. The number of aromatic nitrogens is 2. The third-order valence-electron chi connectivity index (χ3n) is 4.02. The van der Waals surface area contributed by atoms with Gasteiger partial charge in [-0.25, -0.2) is 9.97 Å². The molecule has 1 aromatic rings. The summed E-state index contributed by atoms with van der Waals surface area (Å²) < 4.78 is 0. The minimum Gasteiger partial charge on any atom is -0.352 e. The average molecular weight is 290 g/mol. The summed E-state index contributed by atoms with van der Waals surface area (Å²) in [4.78, 5) is 21.0. The molecule has 0 spiro atoms. The van der Waals surface area contributed by atoms with Gasteiger partial charge in [0.05, 0.1) is 0 Å². The summed E-state index contributed by atoms with van der Waals surface area (Å²) in [6, 6.07) is 2.34. The second kappa shape index (κ2) is 7.38. The minimum atomic E-state index is -0.0837. The zero-order valence-electron chi connectivity index (χ0n) is 13.3. The van der Waals surface area contributed by atoms with Crippen molar-refractivity contribution >= 4 is 11.9 Å². The molecule has 1 saturated carbocycles. The quantitative estimate of drug-likeness (QED) is 0.874. The topological polar surface area (TPSA) is 66.9 Å². The Morgan fingerprint density at radius 3 is 2.71 bits per heavy atom. The van der Waals surface area contributed by atoms with Crippen LogP contribution in [0.25, 0.3) is 0 Å². The van der Waals surface area contributed by atoms with Crippen molar-refractivity contribution in [3.63, 3.8) is 0 Å². The van der Waals surface area contributed by atoms with Gasteiger partial charge >= 0.3 is 0 Å². The molecule has 1 unspecified atom stereocenters. The lowest BCUT2D eigenvalue weighted by Crippen LogP contribution is -2.36. The van der Waals surface area contributed by atoms with Gasteiger partial charge in [0.25, 0.3) is 5.91 Å². The molecule has 0 bridgehead atoms. The number of carbonyl (C=O) groups is 1. The van der Waals surface area contributed by atoms with Gasteiger partial charge in [-0.3, -0.25) is 4.79 Å². The van der Waals surface area contributed by atoms with E-state index < -0.39 is 0 Å². The fourth-order valence-electron chi connectivity index (χ4n) is 2.58. The van der Waals surface area contributed by atoms with Crippen LogP contribution in [0.15, 0.2) is 6.07 Å². The number of anilines is 1. The summed E-state index contributed by atoms with van der Waals surface area (Å²) in [6.45, 7) is 6.07. The van der Waals surface area contributed by atoms with E-state index in [0.717, 1.165) is 25.0 Å². The molecule has 5 heteroatoms. The second-order valence-electron chi connectivity index (χ2n) is 5.98. The lowest BCUT2D eigenvalue weighted by atomic mass is 9.95. The third-order valence-corrected chi connectivity index (χ3v) is 4.02. The van der Waals surface area contributed by atoms with E-state index in [1.807, 2.05) is 6.92 Å². The summed E-state index contributed by atoms with van der Waals surface area (Å²) in [5.41, 5.74) is 1.27. The van der Waals surface area contributed by atoms with E-state index in [1.54, 1.807) is 6.07 Å². The third kappa shape index (κ3) is 4.69. The van der Waals surface area contributed by atoms with E-state index in [4.69, 9.17) is 0 Å². The van der Waals surface area contributed by atoms with E-state index >= 15 is 0 Å². The summed E-state index contributed by atoms with van der Waals surface area (Å²) in [5, 5.41) is 6.33. The highest BCUT2D eigenvalue weighted by Crippen LogP contribution is 2.18. The van der Waals surface area contributed by atoms with Crippen LogP contribution in [0.2, 0.25) is 0 Å². The van der Waals surface area contributed by atoms with Crippen molar-refractivity contribution in [3.8, 4) is 0 Å². The number of nitrogens with zero attached hydrogens (tertiary/aromatic N) is 2. The van der Waals surface area contributed by atoms with Gasteiger partial charge in [-0.05, 0) is 39.2 Å². The predicted molar refractivity (Wildman–Crippen MR) is 84.5 cm³/mol. The van der Waals surface area contributed by atoms with Crippen molar-refractivity contribution in [2.24, 2.45) is 0 Å². The Kier molecular flexibility index (Phi) is 5.53. The van der Waals surface area contributed by atoms with Gasteiger partial charge in [0, 0.05) is 17.8 Å². The molecule has 0 aromatic carbocycles. The molecule has 116 valence electrons.